The van der Waals surface area contributed by atoms with E-state index in [1.165, 1.54) is 19.3 Å². The fourth-order valence-electron chi connectivity index (χ4n) is 1.46. The Hall–Kier alpha value is -0.0400. The average Bonchev–Trinajstić information content (AvgIpc) is 2.00. The minimum absolute atomic E-state index is 0.271. The summed E-state index contributed by atoms with van der Waals surface area (Å²) in [6, 6.07) is 0. The molecule has 0 rings (SSSR count). The third kappa shape index (κ3) is 7.84. The largest absolute Gasteiger partial charge is 0.312 e. The van der Waals surface area contributed by atoms with Crippen LogP contribution in [0.1, 0.15) is 67.7 Å². The molecule has 1 N–H and O–H groups in total. The van der Waals surface area contributed by atoms with Gasteiger partial charge >= 0.3 is 0 Å². The molecular weight excluding hydrogens is 182 g/mol. The second-order valence-electron chi connectivity index (χ2n) is 6.78. The SMILES string of the molecule is CC(C)C(C)(C)CCCCNC(C)(C)C. The van der Waals surface area contributed by atoms with E-state index in [0.717, 1.165) is 12.5 Å². The monoisotopic (exact) mass is 213 g/mol. The van der Waals surface area contributed by atoms with E-state index in [-0.39, 0.29) is 5.54 Å². The minimum atomic E-state index is 0.271. The van der Waals surface area contributed by atoms with Crippen molar-refractivity contribution in [1.82, 2.24) is 5.32 Å². The summed E-state index contributed by atoms with van der Waals surface area (Å²) in [5.41, 5.74) is 0.773. The molecule has 0 saturated heterocycles. The molecule has 0 spiro atoms. The van der Waals surface area contributed by atoms with E-state index in [1.807, 2.05) is 0 Å². The Balaban J connectivity index is 3.55. The van der Waals surface area contributed by atoms with Gasteiger partial charge in [0, 0.05) is 5.54 Å². The molecule has 0 aliphatic heterocycles. The lowest BCUT2D eigenvalue weighted by atomic mass is 9.77. The number of hydrogen-bond acceptors (Lipinski definition) is 1. The zero-order chi connectivity index (χ0) is 12.1. The highest BCUT2D eigenvalue weighted by molar-refractivity contribution is 4.73. The van der Waals surface area contributed by atoms with E-state index in [0.29, 0.717) is 5.41 Å². The molecule has 0 heterocycles. The van der Waals surface area contributed by atoms with E-state index < -0.39 is 0 Å². The van der Waals surface area contributed by atoms with Crippen LogP contribution in [0.25, 0.3) is 0 Å². The van der Waals surface area contributed by atoms with Crippen molar-refractivity contribution >= 4 is 0 Å². The molecule has 0 fully saturated rings. The normalized spacial score (nSPS) is 13.6. The Morgan fingerprint density at radius 2 is 1.47 bits per heavy atom. The molecule has 0 aliphatic rings. The Kier molecular flexibility index (Phi) is 5.87. The van der Waals surface area contributed by atoms with Crippen LogP contribution in [0.5, 0.6) is 0 Å². The predicted molar refractivity (Wildman–Crippen MR) is 70.2 cm³/mol. The molecule has 0 saturated carbocycles. The van der Waals surface area contributed by atoms with Gasteiger partial charge < -0.3 is 5.32 Å². The predicted octanol–water partition coefficient (Wildman–Crippen LogP) is 4.23. The van der Waals surface area contributed by atoms with Gasteiger partial charge in [-0.05, 0) is 51.5 Å². The van der Waals surface area contributed by atoms with Crippen molar-refractivity contribution in [3.63, 3.8) is 0 Å². The zero-order valence-corrected chi connectivity index (χ0v) is 11.9. The maximum Gasteiger partial charge on any atom is 0.00965 e. The van der Waals surface area contributed by atoms with Gasteiger partial charge in [0.05, 0.1) is 0 Å². The summed E-state index contributed by atoms with van der Waals surface area (Å²) in [5.74, 6) is 0.785. The summed E-state index contributed by atoms with van der Waals surface area (Å²) in [7, 11) is 0. The number of rotatable bonds is 6. The molecule has 0 aromatic rings. The molecule has 1 heteroatoms. The molecule has 0 aromatic heterocycles. The molecule has 0 radical (unpaired) electrons. The molecule has 0 amide bonds. The van der Waals surface area contributed by atoms with Crippen LogP contribution in [0.4, 0.5) is 0 Å². The van der Waals surface area contributed by atoms with Crippen LogP contribution < -0.4 is 5.32 Å². The molecule has 0 aliphatic carbocycles. The maximum atomic E-state index is 3.54. The van der Waals surface area contributed by atoms with Crippen LogP contribution in [-0.2, 0) is 0 Å². The van der Waals surface area contributed by atoms with Crippen molar-refractivity contribution in [1.29, 1.82) is 0 Å². The first kappa shape index (κ1) is 15.0. The summed E-state index contributed by atoms with van der Waals surface area (Å²) in [6.45, 7) is 17.3. The maximum absolute atomic E-state index is 3.54. The van der Waals surface area contributed by atoms with Gasteiger partial charge in [0.2, 0.25) is 0 Å². The fourth-order valence-corrected chi connectivity index (χ4v) is 1.46. The van der Waals surface area contributed by atoms with Gasteiger partial charge in [-0.25, -0.2) is 0 Å². The van der Waals surface area contributed by atoms with Crippen LogP contribution in [0, 0.1) is 11.3 Å². The van der Waals surface area contributed by atoms with Gasteiger partial charge in [-0.2, -0.15) is 0 Å². The molecule has 1 nitrogen and oxygen atoms in total. The van der Waals surface area contributed by atoms with Crippen molar-refractivity contribution in [3.8, 4) is 0 Å². The van der Waals surface area contributed by atoms with Crippen LogP contribution >= 0.6 is 0 Å². The number of unbranched alkanes of at least 4 members (excludes halogenated alkanes) is 1. The molecular formula is C14H31N. The summed E-state index contributed by atoms with van der Waals surface area (Å²) in [6.07, 6.45) is 3.98. The van der Waals surface area contributed by atoms with E-state index >= 15 is 0 Å². The van der Waals surface area contributed by atoms with Gasteiger partial charge in [-0.15, -0.1) is 0 Å². The minimum Gasteiger partial charge on any atom is -0.312 e. The smallest absolute Gasteiger partial charge is 0.00965 e. The van der Waals surface area contributed by atoms with Crippen LogP contribution in [0.3, 0.4) is 0 Å². The third-order valence-electron chi connectivity index (χ3n) is 3.47. The van der Waals surface area contributed by atoms with E-state index in [9.17, 15) is 0 Å². The van der Waals surface area contributed by atoms with Gasteiger partial charge in [0.15, 0.2) is 0 Å². The van der Waals surface area contributed by atoms with E-state index in [1.54, 1.807) is 0 Å². The fraction of sp³-hybridized carbons (Fsp3) is 1.00. The summed E-state index contributed by atoms with van der Waals surface area (Å²) < 4.78 is 0. The third-order valence-corrected chi connectivity index (χ3v) is 3.47. The Morgan fingerprint density at radius 1 is 0.933 bits per heavy atom. The molecule has 0 bridgehead atoms. The number of hydrogen-bond donors (Lipinski definition) is 1. The summed E-state index contributed by atoms with van der Waals surface area (Å²) >= 11 is 0. The van der Waals surface area contributed by atoms with E-state index in [2.05, 4.69) is 53.8 Å². The van der Waals surface area contributed by atoms with Gasteiger partial charge in [0.25, 0.3) is 0 Å². The Labute approximate surface area is 97.0 Å². The quantitative estimate of drug-likeness (QED) is 0.651. The second kappa shape index (κ2) is 5.89. The van der Waals surface area contributed by atoms with Crippen LogP contribution in [-0.4, -0.2) is 12.1 Å². The second-order valence-corrected chi connectivity index (χ2v) is 6.78. The van der Waals surface area contributed by atoms with Crippen molar-refractivity contribution in [3.05, 3.63) is 0 Å². The molecule has 0 atom stereocenters. The van der Waals surface area contributed by atoms with Crippen LogP contribution in [0.2, 0.25) is 0 Å². The van der Waals surface area contributed by atoms with Gasteiger partial charge in [-0.3, -0.25) is 0 Å². The van der Waals surface area contributed by atoms with Crippen molar-refractivity contribution in [2.75, 3.05) is 6.54 Å². The lowest BCUT2D eigenvalue weighted by Gasteiger charge is -2.29. The first-order valence-electron chi connectivity index (χ1n) is 6.40. The van der Waals surface area contributed by atoms with Gasteiger partial charge in [-0.1, -0.05) is 34.1 Å². The highest BCUT2D eigenvalue weighted by Crippen LogP contribution is 2.31. The zero-order valence-electron chi connectivity index (χ0n) is 11.9. The van der Waals surface area contributed by atoms with E-state index in [4.69, 9.17) is 0 Å². The molecule has 0 unspecified atom stereocenters. The Bertz CT molecular complexity index is 163. The Morgan fingerprint density at radius 3 is 1.87 bits per heavy atom. The van der Waals surface area contributed by atoms with Crippen LogP contribution in [0.15, 0.2) is 0 Å². The molecule has 92 valence electrons. The topological polar surface area (TPSA) is 12.0 Å². The highest BCUT2D eigenvalue weighted by Gasteiger charge is 2.21. The molecule has 15 heavy (non-hydrogen) atoms. The van der Waals surface area contributed by atoms with Crippen molar-refractivity contribution < 1.29 is 0 Å². The van der Waals surface area contributed by atoms with Crippen molar-refractivity contribution in [2.45, 2.75) is 73.3 Å². The first-order chi connectivity index (χ1) is 6.65. The summed E-state index contributed by atoms with van der Waals surface area (Å²) in [4.78, 5) is 0. The van der Waals surface area contributed by atoms with Gasteiger partial charge in [0.1, 0.15) is 0 Å². The highest BCUT2D eigenvalue weighted by atomic mass is 14.9. The van der Waals surface area contributed by atoms with Crippen molar-refractivity contribution in [2.24, 2.45) is 11.3 Å². The first-order valence-corrected chi connectivity index (χ1v) is 6.40. The molecule has 0 aromatic carbocycles. The summed E-state index contributed by atoms with van der Waals surface area (Å²) in [5, 5.41) is 3.54. The lowest BCUT2D eigenvalue weighted by molar-refractivity contribution is 0.220. The standard InChI is InChI=1S/C14H31N/c1-12(2)14(6,7)10-8-9-11-15-13(3,4)5/h12,15H,8-11H2,1-7H3. The number of nitrogens with one attached hydrogen (secondary N) is 1. The lowest BCUT2D eigenvalue weighted by Crippen LogP contribution is -2.36. The average molecular weight is 213 g/mol.